The number of azide groups is 1. The second kappa shape index (κ2) is 8.70. The third kappa shape index (κ3) is 4.66. The molecule has 2 atom stereocenters. The highest BCUT2D eigenvalue weighted by molar-refractivity contribution is 6.01. The Bertz CT molecular complexity index is 723. The molecule has 0 spiro atoms. The van der Waals surface area contributed by atoms with E-state index in [1.165, 1.54) is 0 Å². The van der Waals surface area contributed by atoms with Crippen LogP contribution in [0.4, 0.5) is 11.5 Å². The van der Waals surface area contributed by atoms with Gasteiger partial charge in [-0.15, -0.1) is 0 Å². The van der Waals surface area contributed by atoms with Crippen LogP contribution in [0.5, 0.6) is 0 Å². The van der Waals surface area contributed by atoms with Crippen LogP contribution in [0.15, 0.2) is 23.4 Å². The highest BCUT2D eigenvalue weighted by atomic mass is 16.2. The van der Waals surface area contributed by atoms with E-state index in [1.54, 1.807) is 6.20 Å². The SMILES string of the molecule is CCC(N=[N+]=[N-])N1CCN(c2ccc(NC3CCC(=O)NC3=O)cn2)CC1. The van der Waals surface area contributed by atoms with Gasteiger partial charge < -0.3 is 10.2 Å². The average Bonchev–Trinajstić information content (AvgIpc) is 2.69. The number of carbonyl (C=O) groups excluding carboxylic acids is 2. The standard InChI is InChI=1S/C17H24N8O2/c1-2-14(22-23-18)24-7-9-25(10-8-24)15-5-3-12(11-19-15)20-13-4-6-16(26)21-17(13)27/h3,5,11,13-14,20H,2,4,6-10H2,1H3,(H,21,26,27). The highest BCUT2D eigenvalue weighted by Crippen LogP contribution is 2.19. The molecule has 10 nitrogen and oxygen atoms in total. The first-order valence-corrected chi connectivity index (χ1v) is 9.20. The number of nitrogens with one attached hydrogen (secondary N) is 2. The fraction of sp³-hybridized carbons (Fsp3) is 0.588. The predicted octanol–water partition coefficient (Wildman–Crippen LogP) is 1.47. The van der Waals surface area contributed by atoms with Crippen molar-refractivity contribution >= 4 is 23.3 Å². The minimum Gasteiger partial charge on any atom is -0.372 e. The zero-order valence-electron chi connectivity index (χ0n) is 15.3. The van der Waals surface area contributed by atoms with Gasteiger partial charge in [0.15, 0.2) is 0 Å². The Morgan fingerprint density at radius 3 is 2.74 bits per heavy atom. The normalized spacial score (nSPS) is 22.0. The number of piperidine rings is 1. The predicted molar refractivity (Wildman–Crippen MR) is 101 cm³/mol. The van der Waals surface area contributed by atoms with Gasteiger partial charge in [0, 0.05) is 37.5 Å². The Kier molecular flexibility index (Phi) is 6.10. The lowest BCUT2D eigenvalue weighted by molar-refractivity contribution is -0.133. The molecule has 3 heterocycles. The molecule has 2 aliphatic heterocycles. The first-order valence-electron chi connectivity index (χ1n) is 9.20. The van der Waals surface area contributed by atoms with Crippen molar-refractivity contribution in [3.8, 4) is 0 Å². The van der Waals surface area contributed by atoms with Crippen LogP contribution in [0.3, 0.4) is 0 Å². The number of rotatable bonds is 6. The molecule has 2 fully saturated rings. The van der Waals surface area contributed by atoms with E-state index in [0.717, 1.165) is 44.1 Å². The lowest BCUT2D eigenvalue weighted by Gasteiger charge is -2.38. The van der Waals surface area contributed by atoms with E-state index >= 15 is 0 Å². The second-order valence-corrected chi connectivity index (χ2v) is 6.67. The third-order valence-electron chi connectivity index (χ3n) is 4.94. The number of imide groups is 1. The molecule has 2 amide bonds. The molecule has 0 aliphatic carbocycles. The summed E-state index contributed by atoms with van der Waals surface area (Å²) in [5.74, 6) is 0.355. The molecule has 144 valence electrons. The van der Waals surface area contributed by atoms with Crippen molar-refractivity contribution in [2.45, 2.75) is 38.4 Å². The molecule has 10 heteroatoms. The maximum atomic E-state index is 11.8. The van der Waals surface area contributed by atoms with Crippen LogP contribution in [0.25, 0.3) is 10.4 Å². The molecule has 1 aromatic rings. The van der Waals surface area contributed by atoms with Crippen molar-refractivity contribution in [2.75, 3.05) is 36.4 Å². The molecular weight excluding hydrogens is 348 g/mol. The van der Waals surface area contributed by atoms with Crippen LogP contribution < -0.4 is 15.5 Å². The molecule has 0 bridgehead atoms. The van der Waals surface area contributed by atoms with E-state index in [0.29, 0.717) is 12.8 Å². The number of anilines is 2. The second-order valence-electron chi connectivity index (χ2n) is 6.67. The van der Waals surface area contributed by atoms with Crippen LogP contribution in [-0.4, -0.2) is 60.1 Å². The summed E-state index contributed by atoms with van der Waals surface area (Å²) >= 11 is 0. The van der Waals surface area contributed by atoms with Gasteiger partial charge in [0.25, 0.3) is 0 Å². The smallest absolute Gasteiger partial charge is 0.249 e. The monoisotopic (exact) mass is 372 g/mol. The number of hydrogen-bond acceptors (Lipinski definition) is 7. The number of hydrogen-bond donors (Lipinski definition) is 2. The van der Waals surface area contributed by atoms with Gasteiger partial charge in [0.05, 0.1) is 18.1 Å². The van der Waals surface area contributed by atoms with E-state index in [9.17, 15) is 9.59 Å². The van der Waals surface area contributed by atoms with Gasteiger partial charge in [-0.25, -0.2) is 4.98 Å². The first kappa shape index (κ1) is 18.9. The van der Waals surface area contributed by atoms with Crippen molar-refractivity contribution < 1.29 is 9.59 Å². The van der Waals surface area contributed by atoms with E-state index in [-0.39, 0.29) is 18.0 Å². The van der Waals surface area contributed by atoms with E-state index < -0.39 is 6.04 Å². The number of pyridine rings is 1. The average molecular weight is 372 g/mol. The zero-order chi connectivity index (χ0) is 19.2. The Morgan fingerprint density at radius 1 is 1.37 bits per heavy atom. The third-order valence-corrected chi connectivity index (χ3v) is 4.94. The highest BCUT2D eigenvalue weighted by Gasteiger charge is 2.26. The molecule has 0 saturated carbocycles. The number of piperazine rings is 1. The molecule has 1 aromatic heterocycles. The molecule has 27 heavy (non-hydrogen) atoms. The Hall–Kier alpha value is -2.84. The molecular formula is C17H24N8O2. The topological polar surface area (TPSA) is 126 Å². The van der Waals surface area contributed by atoms with Gasteiger partial charge in [-0.05, 0) is 30.5 Å². The summed E-state index contributed by atoms with van der Waals surface area (Å²) in [5.41, 5.74) is 9.42. The lowest BCUT2D eigenvalue weighted by atomic mass is 10.1. The summed E-state index contributed by atoms with van der Waals surface area (Å²) in [5, 5.41) is 9.31. The van der Waals surface area contributed by atoms with Crippen molar-refractivity contribution in [2.24, 2.45) is 5.11 Å². The summed E-state index contributed by atoms with van der Waals surface area (Å²) in [6, 6.07) is 3.41. The number of aromatic nitrogens is 1. The number of nitrogens with zero attached hydrogens (tertiary/aromatic N) is 6. The summed E-state index contributed by atoms with van der Waals surface area (Å²) in [6.07, 6.45) is 3.24. The summed E-state index contributed by atoms with van der Waals surface area (Å²) in [7, 11) is 0. The Balaban J connectivity index is 1.54. The van der Waals surface area contributed by atoms with Crippen molar-refractivity contribution in [3.05, 3.63) is 28.8 Å². The molecule has 2 aliphatic rings. The van der Waals surface area contributed by atoms with Crippen LogP contribution in [0, 0.1) is 0 Å². The molecule has 2 saturated heterocycles. The van der Waals surface area contributed by atoms with Crippen LogP contribution >= 0.6 is 0 Å². The van der Waals surface area contributed by atoms with Crippen LogP contribution in [0.2, 0.25) is 0 Å². The van der Waals surface area contributed by atoms with Gasteiger partial charge >= 0.3 is 0 Å². The van der Waals surface area contributed by atoms with Gasteiger partial charge in [-0.3, -0.25) is 19.8 Å². The van der Waals surface area contributed by atoms with Crippen LogP contribution in [-0.2, 0) is 9.59 Å². The summed E-state index contributed by atoms with van der Waals surface area (Å²) in [6.45, 7) is 5.27. The summed E-state index contributed by atoms with van der Waals surface area (Å²) < 4.78 is 0. The first-order chi connectivity index (χ1) is 13.1. The largest absolute Gasteiger partial charge is 0.372 e. The molecule has 0 radical (unpaired) electrons. The van der Waals surface area contributed by atoms with Crippen molar-refractivity contribution in [3.63, 3.8) is 0 Å². The van der Waals surface area contributed by atoms with E-state index in [2.05, 4.69) is 35.4 Å². The minimum absolute atomic E-state index is 0.0924. The van der Waals surface area contributed by atoms with Crippen molar-refractivity contribution in [1.82, 2.24) is 15.2 Å². The molecule has 3 rings (SSSR count). The number of carbonyl (C=O) groups is 2. The van der Waals surface area contributed by atoms with E-state index in [4.69, 9.17) is 5.53 Å². The minimum atomic E-state index is -0.412. The van der Waals surface area contributed by atoms with Crippen molar-refractivity contribution in [1.29, 1.82) is 0 Å². The van der Waals surface area contributed by atoms with Gasteiger partial charge in [-0.1, -0.05) is 12.0 Å². The van der Waals surface area contributed by atoms with Gasteiger partial charge in [-0.2, -0.15) is 0 Å². The van der Waals surface area contributed by atoms with E-state index in [1.807, 2.05) is 19.1 Å². The maximum absolute atomic E-state index is 11.8. The molecule has 0 aromatic carbocycles. The van der Waals surface area contributed by atoms with Gasteiger partial charge in [0.1, 0.15) is 11.9 Å². The fourth-order valence-electron chi connectivity index (χ4n) is 3.41. The molecule has 2 unspecified atom stereocenters. The van der Waals surface area contributed by atoms with Crippen LogP contribution in [0.1, 0.15) is 26.2 Å². The summed E-state index contributed by atoms with van der Waals surface area (Å²) in [4.78, 5) is 34.8. The lowest BCUT2D eigenvalue weighted by Crippen LogP contribution is -2.50. The quantitative estimate of drug-likeness (QED) is 0.337. The fourth-order valence-corrected chi connectivity index (χ4v) is 3.41. The Labute approximate surface area is 157 Å². The Morgan fingerprint density at radius 2 is 2.15 bits per heavy atom. The zero-order valence-corrected chi connectivity index (χ0v) is 15.3. The molecule has 2 N–H and O–H groups in total. The van der Waals surface area contributed by atoms with Gasteiger partial charge in [0.2, 0.25) is 11.8 Å². The maximum Gasteiger partial charge on any atom is 0.249 e. The number of amides is 2.